The molecule has 0 bridgehead atoms. The highest BCUT2D eigenvalue weighted by molar-refractivity contribution is 6.21. The summed E-state index contributed by atoms with van der Waals surface area (Å²) >= 11 is 0. The van der Waals surface area contributed by atoms with Crippen molar-refractivity contribution in [3.8, 4) is 11.1 Å². The molecule has 0 atom stereocenters. The smallest absolute Gasteiger partial charge is 0.196 e. The maximum absolute atomic E-state index is 12.5. The SMILES string of the molecule is CON=CC(=CNOC)C(=O)c1ccc(-c2ccccc2)cc1. The summed E-state index contributed by atoms with van der Waals surface area (Å²) in [4.78, 5) is 21.9. The van der Waals surface area contributed by atoms with Gasteiger partial charge in [0.25, 0.3) is 0 Å². The van der Waals surface area contributed by atoms with Crippen LogP contribution in [0.1, 0.15) is 10.4 Å². The molecule has 2 aromatic rings. The highest BCUT2D eigenvalue weighted by Gasteiger charge is 2.11. The molecule has 0 saturated heterocycles. The third-order valence-corrected chi connectivity index (χ3v) is 3.15. The van der Waals surface area contributed by atoms with Crippen molar-refractivity contribution in [2.45, 2.75) is 0 Å². The predicted octanol–water partition coefficient (Wildman–Crippen LogP) is 3.20. The van der Waals surface area contributed by atoms with E-state index in [0.717, 1.165) is 11.1 Å². The minimum atomic E-state index is -0.185. The predicted molar refractivity (Wildman–Crippen MR) is 89.9 cm³/mol. The summed E-state index contributed by atoms with van der Waals surface area (Å²) in [5.74, 6) is -0.185. The van der Waals surface area contributed by atoms with Gasteiger partial charge in [-0.25, -0.2) is 0 Å². The largest absolute Gasteiger partial charge is 0.399 e. The molecule has 0 spiro atoms. The molecule has 5 nitrogen and oxygen atoms in total. The average molecular weight is 310 g/mol. The van der Waals surface area contributed by atoms with Crippen LogP contribution in [-0.4, -0.2) is 26.2 Å². The third-order valence-electron chi connectivity index (χ3n) is 3.15. The fraction of sp³-hybridized carbons (Fsp3) is 0.111. The monoisotopic (exact) mass is 310 g/mol. The lowest BCUT2D eigenvalue weighted by Crippen LogP contribution is -2.11. The van der Waals surface area contributed by atoms with Crippen molar-refractivity contribution in [1.82, 2.24) is 5.48 Å². The number of carbonyl (C=O) groups is 1. The number of hydrogen-bond donors (Lipinski definition) is 1. The number of oxime groups is 1. The summed E-state index contributed by atoms with van der Waals surface area (Å²) in [6.45, 7) is 0. The van der Waals surface area contributed by atoms with Crippen LogP contribution in [0.25, 0.3) is 11.1 Å². The molecule has 0 amide bonds. The molecule has 0 aliphatic carbocycles. The van der Waals surface area contributed by atoms with Crippen LogP contribution in [0.2, 0.25) is 0 Å². The van der Waals surface area contributed by atoms with Crippen LogP contribution in [0.15, 0.2) is 71.5 Å². The zero-order valence-corrected chi connectivity index (χ0v) is 13.0. The molecule has 2 rings (SSSR count). The second-order valence-corrected chi connectivity index (χ2v) is 4.61. The van der Waals surface area contributed by atoms with Crippen molar-refractivity contribution in [3.05, 3.63) is 71.9 Å². The van der Waals surface area contributed by atoms with Crippen LogP contribution in [0.3, 0.4) is 0 Å². The van der Waals surface area contributed by atoms with Crippen LogP contribution in [0.5, 0.6) is 0 Å². The first-order valence-electron chi connectivity index (χ1n) is 7.01. The van der Waals surface area contributed by atoms with Gasteiger partial charge in [-0.3, -0.25) is 15.1 Å². The maximum atomic E-state index is 12.5. The Morgan fingerprint density at radius 2 is 1.65 bits per heavy atom. The summed E-state index contributed by atoms with van der Waals surface area (Å²) in [5, 5.41) is 3.63. The molecule has 0 fully saturated rings. The lowest BCUT2D eigenvalue weighted by Gasteiger charge is -2.05. The van der Waals surface area contributed by atoms with E-state index in [1.165, 1.54) is 26.6 Å². The van der Waals surface area contributed by atoms with E-state index >= 15 is 0 Å². The van der Waals surface area contributed by atoms with Crippen molar-refractivity contribution in [2.75, 3.05) is 14.2 Å². The van der Waals surface area contributed by atoms with Gasteiger partial charge >= 0.3 is 0 Å². The molecule has 0 aromatic heterocycles. The van der Waals surface area contributed by atoms with Gasteiger partial charge in [0.1, 0.15) is 7.11 Å². The van der Waals surface area contributed by atoms with Crippen molar-refractivity contribution in [1.29, 1.82) is 0 Å². The molecule has 0 heterocycles. The Bertz CT molecular complexity index is 692. The highest BCUT2D eigenvalue weighted by atomic mass is 16.6. The first-order valence-corrected chi connectivity index (χ1v) is 7.01. The minimum absolute atomic E-state index is 0.185. The highest BCUT2D eigenvalue weighted by Crippen LogP contribution is 2.20. The zero-order chi connectivity index (χ0) is 16.5. The van der Waals surface area contributed by atoms with E-state index < -0.39 is 0 Å². The Hall–Kier alpha value is -2.92. The molecule has 0 unspecified atom stereocenters. The zero-order valence-electron chi connectivity index (χ0n) is 13.0. The Morgan fingerprint density at radius 3 is 2.26 bits per heavy atom. The van der Waals surface area contributed by atoms with Crippen molar-refractivity contribution >= 4 is 12.0 Å². The van der Waals surface area contributed by atoms with Crippen LogP contribution in [0, 0.1) is 0 Å². The molecule has 0 radical (unpaired) electrons. The van der Waals surface area contributed by atoms with Crippen LogP contribution in [-0.2, 0) is 9.68 Å². The van der Waals surface area contributed by atoms with Gasteiger partial charge in [0.15, 0.2) is 5.78 Å². The number of hydrogen-bond acceptors (Lipinski definition) is 5. The Balaban J connectivity index is 2.23. The number of rotatable bonds is 7. The van der Waals surface area contributed by atoms with Gasteiger partial charge in [-0.05, 0) is 11.1 Å². The number of hydroxylamine groups is 1. The van der Waals surface area contributed by atoms with E-state index in [0.29, 0.717) is 11.1 Å². The number of ketones is 1. The van der Waals surface area contributed by atoms with Gasteiger partial charge in [-0.2, -0.15) is 0 Å². The van der Waals surface area contributed by atoms with Gasteiger partial charge in [0.05, 0.1) is 18.9 Å². The third kappa shape index (κ3) is 4.52. The average Bonchev–Trinajstić information content (AvgIpc) is 2.62. The summed E-state index contributed by atoms with van der Waals surface area (Å²) in [6.07, 6.45) is 2.76. The number of carbonyl (C=O) groups excluding carboxylic acids is 1. The fourth-order valence-electron chi connectivity index (χ4n) is 2.00. The summed E-state index contributed by atoms with van der Waals surface area (Å²) in [5.41, 5.74) is 5.54. The van der Waals surface area contributed by atoms with Crippen LogP contribution >= 0.6 is 0 Å². The molecule has 1 N–H and O–H groups in total. The summed E-state index contributed by atoms with van der Waals surface area (Å²) in [7, 11) is 2.87. The standard InChI is InChI=1S/C18H18N2O3/c1-22-19-12-17(13-20-23-2)18(21)16-10-8-15(9-11-16)14-6-4-3-5-7-14/h3-13,19H,1-2H3. The van der Waals surface area contributed by atoms with Crippen LogP contribution < -0.4 is 5.48 Å². The van der Waals surface area contributed by atoms with E-state index in [4.69, 9.17) is 4.84 Å². The van der Waals surface area contributed by atoms with Gasteiger partial charge < -0.3 is 4.84 Å². The summed E-state index contributed by atoms with van der Waals surface area (Å²) < 4.78 is 0. The maximum Gasteiger partial charge on any atom is 0.196 e. The first kappa shape index (κ1) is 16.5. The normalized spacial score (nSPS) is 11.5. The van der Waals surface area contributed by atoms with Crippen molar-refractivity contribution in [3.63, 3.8) is 0 Å². The lowest BCUT2D eigenvalue weighted by molar-refractivity contribution is 0.102. The quantitative estimate of drug-likeness (QED) is 0.369. The Morgan fingerprint density at radius 1 is 1.00 bits per heavy atom. The van der Waals surface area contributed by atoms with Gasteiger partial charge in [-0.1, -0.05) is 59.8 Å². The molecule has 23 heavy (non-hydrogen) atoms. The van der Waals surface area contributed by atoms with Crippen molar-refractivity contribution < 1.29 is 14.5 Å². The molecule has 0 saturated carbocycles. The molecular formula is C18H18N2O3. The lowest BCUT2D eigenvalue weighted by atomic mass is 10.00. The Labute approximate surface area is 135 Å². The molecule has 5 heteroatoms. The number of nitrogens with zero attached hydrogens (tertiary/aromatic N) is 1. The van der Waals surface area contributed by atoms with Crippen LogP contribution in [0.4, 0.5) is 0 Å². The van der Waals surface area contributed by atoms with Gasteiger partial charge in [0.2, 0.25) is 0 Å². The topological polar surface area (TPSA) is 59.9 Å². The minimum Gasteiger partial charge on any atom is -0.399 e. The molecular weight excluding hydrogens is 292 g/mol. The van der Waals surface area contributed by atoms with E-state index in [1.807, 2.05) is 42.5 Å². The second-order valence-electron chi connectivity index (χ2n) is 4.61. The second kappa shape index (κ2) is 8.51. The van der Waals surface area contributed by atoms with E-state index in [1.54, 1.807) is 12.1 Å². The molecule has 2 aromatic carbocycles. The van der Waals surface area contributed by atoms with Gasteiger partial charge in [-0.15, -0.1) is 0 Å². The molecule has 0 aliphatic rings. The fourth-order valence-corrected chi connectivity index (χ4v) is 2.00. The number of allylic oxidation sites excluding steroid dienone is 1. The number of benzene rings is 2. The number of nitrogens with one attached hydrogen (secondary N) is 1. The molecule has 118 valence electrons. The van der Waals surface area contributed by atoms with E-state index in [9.17, 15) is 4.79 Å². The van der Waals surface area contributed by atoms with E-state index in [-0.39, 0.29) is 5.78 Å². The Kier molecular flexibility index (Phi) is 6.08. The summed E-state index contributed by atoms with van der Waals surface area (Å²) in [6, 6.07) is 17.4. The van der Waals surface area contributed by atoms with Gasteiger partial charge in [0, 0.05) is 11.8 Å². The van der Waals surface area contributed by atoms with Crippen molar-refractivity contribution in [2.24, 2.45) is 5.16 Å². The molecule has 0 aliphatic heterocycles. The number of Topliss-reactive ketones (excluding diaryl/α,β-unsaturated/α-hetero) is 1. The first-order chi connectivity index (χ1) is 11.3. The van der Waals surface area contributed by atoms with E-state index in [2.05, 4.69) is 15.5 Å².